The number of rotatable bonds is 7. The number of nitrogens with zero attached hydrogens (tertiary/aromatic N) is 2. The molecule has 102 valence electrons. The zero-order chi connectivity index (χ0) is 13.5. The molecule has 1 atom stereocenters. The monoisotopic (exact) mass is 271 g/mol. The van der Waals surface area contributed by atoms with Crippen molar-refractivity contribution in [2.24, 2.45) is 11.8 Å². The Bertz CT molecular complexity index is 352. The number of ether oxygens (including phenoxy) is 1. The molecule has 1 heterocycles. The Morgan fingerprint density at radius 1 is 1.39 bits per heavy atom. The third-order valence-electron chi connectivity index (χ3n) is 2.52. The minimum Gasteiger partial charge on any atom is -0.383 e. The molecule has 0 aliphatic heterocycles. The zero-order valence-corrected chi connectivity index (χ0v) is 12.0. The average molecular weight is 271 g/mol. The van der Waals surface area contributed by atoms with E-state index in [1.54, 1.807) is 13.2 Å². The van der Waals surface area contributed by atoms with Crippen LogP contribution >= 0.6 is 11.8 Å². The Hall–Kier alpha value is -1.05. The molecule has 1 aromatic heterocycles. The molecule has 1 aromatic rings. The van der Waals surface area contributed by atoms with Gasteiger partial charge in [0.05, 0.1) is 12.6 Å². The standard InChI is InChI=1S/C11H21N5OS/c1-7(2)8(6-17-3)13-9-5-10(16-12)15-11(14-9)18-4/h5,7-8H,6,12H2,1-4H3,(H2,13,14,15,16). The Kier molecular flexibility index (Phi) is 6.17. The van der Waals surface area contributed by atoms with Gasteiger partial charge in [0.1, 0.15) is 11.6 Å². The molecule has 0 saturated carbocycles. The van der Waals surface area contributed by atoms with Crippen LogP contribution in [0.5, 0.6) is 0 Å². The Balaban J connectivity index is 2.87. The molecule has 0 saturated heterocycles. The van der Waals surface area contributed by atoms with Gasteiger partial charge < -0.3 is 15.5 Å². The molecule has 0 spiro atoms. The minimum absolute atomic E-state index is 0.199. The first-order chi connectivity index (χ1) is 8.60. The number of nitrogen functional groups attached to an aromatic ring is 1. The fourth-order valence-electron chi connectivity index (χ4n) is 1.43. The molecule has 18 heavy (non-hydrogen) atoms. The molecule has 0 radical (unpaired) electrons. The summed E-state index contributed by atoms with van der Waals surface area (Å²) in [4.78, 5) is 8.61. The summed E-state index contributed by atoms with van der Waals surface area (Å²) in [6.07, 6.45) is 1.93. The van der Waals surface area contributed by atoms with Crippen LogP contribution in [0.3, 0.4) is 0 Å². The normalized spacial score (nSPS) is 12.6. The van der Waals surface area contributed by atoms with E-state index in [0.717, 1.165) is 5.82 Å². The van der Waals surface area contributed by atoms with Crippen LogP contribution in [0.2, 0.25) is 0 Å². The van der Waals surface area contributed by atoms with E-state index in [0.29, 0.717) is 23.5 Å². The molecule has 1 rings (SSSR count). The smallest absolute Gasteiger partial charge is 0.191 e. The number of nitrogens with two attached hydrogens (primary N) is 1. The maximum atomic E-state index is 5.39. The first-order valence-corrected chi connectivity index (χ1v) is 6.98. The van der Waals surface area contributed by atoms with E-state index in [4.69, 9.17) is 10.6 Å². The molecular formula is C11H21N5OS. The van der Waals surface area contributed by atoms with Crippen LogP contribution in [0.25, 0.3) is 0 Å². The molecular weight excluding hydrogens is 250 g/mol. The average Bonchev–Trinajstić information content (AvgIpc) is 2.37. The van der Waals surface area contributed by atoms with Gasteiger partial charge in [-0.25, -0.2) is 15.8 Å². The van der Waals surface area contributed by atoms with Crippen molar-refractivity contribution in [1.82, 2.24) is 9.97 Å². The highest BCUT2D eigenvalue weighted by Gasteiger charge is 2.14. The van der Waals surface area contributed by atoms with Crippen molar-refractivity contribution in [2.45, 2.75) is 25.0 Å². The van der Waals surface area contributed by atoms with Crippen LogP contribution in [0.1, 0.15) is 13.8 Å². The maximum Gasteiger partial charge on any atom is 0.191 e. The lowest BCUT2D eigenvalue weighted by atomic mass is 10.1. The molecule has 4 N–H and O–H groups in total. The second-order valence-electron chi connectivity index (χ2n) is 4.22. The van der Waals surface area contributed by atoms with Gasteiger partial charge in [0.15, 0.2) is 5.16 Å². The van der Waals surface area contributed by atoms with Crippen LogP contribution in [-0.2, 0) is 4.74 Å². The molecule has 0 fully saturated rings. The van der Waals surface area contributed by atoms with E-state index in [-0.39, 0.29) is 6.04 Å². The Labute approximate surface area is 112 Å². The molecule has 0 aliphatic rings. The summed E-state index contributed by atoms with van der Waals surface area (Å²) in [6, 6.07) is 1.98. The van der Waals surface area contributed by atoms with Crippen molar-refractivity contribution in [3.8, 4) is 0 Å². The van der Waals surface area contributed by atoms with Crippen LogP contribution in [0, 0.1) is 5.92 Å². The highest BCUT2D eigenvalue weighted by atomic mass is 32.2. The number of hydrazine groups is 1. The largest absolute Gasteiger partial charge is 0.383 e. The molecule has 7 heteroatoms. The van der Waals surface area contributed by atoms with Crippen LogP contribution < -0.4 is 16.6 Å². The zero-order valence-electron chi connectivity index (χ0n) is 11.2. The molecule has 0 aliphatic carbocycles. The molecule has 1 unspecified atom stereocenters. The quantitative estimate of drug-likeness (QED) is 0.300. The summed E-state index contributed by atoms with van der Waals surface area (Å²) < 4.78 is 5.20. The second kappa shape index (κ2) is 7.40. The lowest BCUT2D eigenvalue weighted by molar-refractivity contribution is 0.171. The number of aromatic nitrogens is 2. The topological polar surface area (TPSA) is 85.1 Å². The number of thioether (sulfide) groups is 1. The summed E-state index contributed by atoms with van der Waals surface area (Å²) in [5, 5.41) is 4.02. The lowest BCUT2D eigenvalue weighted by Crippen LogP contribution is -2.31. The Morgan fingerprint density at radius 2 is 2.06 bits per heavy atom. The maximum absolute atomic E-state index is 5.39. The highest BCUT2D eigenvalue weighted by molar-refractivity contribution is 7.98. The molecule has 0 aromatic carbocycles. The summed E-state index contributed by atoms with van der Waals surface area (Å²) in [5.41, 5.74) is 2.54. The SMILES string of the molecule is COCC(Nc1cc(NN)nc(SC)n1)C(C)C. The van der Waals surface area contributed by atoms with E-state index in [1.807, 2.05) is 6.26 Å². The van der Waals surface area contributed by atoms with Gasteiger partial charge in [-0.15, -0.1) is 0 Å². The highest BCUT2D eigenvalue weighted by Crippen LogP contribution is 2.18. The van der Waals surface area contributed by atoms with Gasteiger partial charge in [-0.1, -0.05) is 25.6 Å². The Morgan fingerprint density at radius 3 is 2.56 bits per heavy atom. The first-order valence-electron chi connectivity index (χ1n) is 5.75. The lowest BCUT2D eigenvalue weighted by Gasteiger charge is -2.22. The van der Waals surface area contributed by atoms with E-state index in [1.165, 1.54) is 11.8 Å². The number of methoxy groups -OCH3 is 1. The molecule has 6 nitrogen and oxygen atoms in total. The summed E-state index contributed by atoms with van der Waals surface area (Å²) in [5.74, 6) is 7.17. The molecule has 0 amide bonds. The summed E-state index contributed by atoms with van der Waals surface area (Å²) >= 11 is 1.47. The van der Waals surface area contributed by atoms with Gasteiger partial charge in [0.25, 0.3) is 0 Å². The van der Waals surface area contributed by atoms with Crippen molar-refractivity contribution in [1.29, 1.82) is 0 Å². The van der Waals surface area contributed by atoms with Crippen LogP contribution in [0.15, 0.2) is 11.2 Å². The van der Waals surface area contributed by atoms with Gasteiger partial charge >= 0.3 is 0 Å². The van der Waals surface area contributed by atoms with Gasteiger partial charge in [-0.3, -0.25) is 0 Å². The first kappa shape index (κ1) is 15.0. The van der Waals surface area contributed by atoms with Crippen LogP contribution in [-0.4, -0.2) is 36.0 Å². The van der Waals surface area contributed by atoms with Gasteiger partial charge in [0.2, 0.25) is 0 Å². The van der Waals surface area contributed by atoms with E-state index in [2.05, 4.69) is 34.6 Å². The van der Waals surface area contributed by atoms with E-state index < -0.39 is 0 Å². The predicted octanol–water partition coefficient (Wildman–Crippen LogP) is 1.57. The number of anilines is 2. The van der Waals surface area contributed by atoms with E-state index >= 15 is 0 Å². The van der Waals surface area contributed by atoms with Gasteiger partial charge in [-0.2, -0.15) is 0 Å². The van der Waals surface area contributed by atoms with Crippen molar-refractivity contribution in [2.75, 3.05) is 30.7 Å². The number of nitrogens with one attached hydrogen (secondary N) is 2. The van der Waals surface area contributed by atoms with Crippen LogP contribution in [0.4, 0.5) is 11.6 Å². The second-order valence-corrected chi connectivity index (χ2v) is 4.99. The number of hydrogen-bond donors (Lipinski definition) is 3. The summed E-state index contributed by atoms with van der Waals surface area (Å²) in [6.45, 7) is 4.90. The van der Waals surface area contributed by atoms with Crippen molar-refractivity contribution in [3.63, 3.8) is 0 Å². The fourth-order valence-corrected chi connectivity index (χ4v) is 1.81. The molecule has 0 bridgehead atoms. The van der Waals surface area contributed by atoms with Gasteiger partial charge in [-0.05, 0) is 12.2 Å². The van der Waals surface area contributed by atoms with Gasteiger partial charge in [0, 0.05) is 13.2 Å². The number of hydrogen-bond acceptors (Lipinski definition) is 7. The third-order valence-corrected chi connectivity index (χ3v) is 3.07. The van der Waals surface area contributed by atoms with Crippen molar-refractivity contribution >= 4 is 23.4 Å². The van der Waals surface area contributed by atoms with Crippen molar-refractivity contribution in [3.05, 3.63) is 6.07 Å². The predicted molar refractivity (Wildman–Crippen MR) is 75.7 cm³/mol. The fraction of sp³-hybridized carbons (Fsp3) is 0.636. The van der Waals surface area contributed by atoms with E-state index in [9.17, 15) is 0 Å². The summed E-state index contributed by atoms with van der Waals surface area (Å²) in [7, 11) is 1.69. The third kappa shape index (κ3) is 4.32. The minimum atomic E-state index is 0.199. The van der Waals surface area contributed by atoms with Crippen molar-refractivity contribution < 1.29 is 4.74 Å².